The van der Waals surface area contributed by atoms with Crippen molar-refractivity contribution in [2.45, 2.75) is 92.6 Å². The normalized spacial score (nSPS) is 30.4. The lowest BCUT2D eigenvalue weighted by atomic mass is 9.91. The summed E-state index contributed by atoms with van der Waals surface area (Å²) in [6.07, 6.45) is -0.253. The van der Waals surface area contributed by atoms with Crippen LogP contribution in [0.1, 0.15) is 59.1 Å². The number of nitrogens with one attached hydrogen (secondary N) is 2. The molecule has 0 radical (unpaired) electrons. The van der Waals surface area contributed by atoms with Crippen LogP contribution in [-0.4, -0.2) is 76.2 Å². The van der Waals surface area contributed by atoms with E-state index in [-0.39, 0.29) is 37.3 Å². The number of aromatic amines is 1. The third-order valence-electron chi connectivity index (χ3n) is 6.56. The topological polar surface area (TPSA) is 166 Å². The smallest absolute Gasteiger partial charge is 0.390 e. The van der Waals surface area contributed by atoms with Crippen LogP contribution in [0.25, 0.3) is 0 Å². The SMILES string of the molecule is CC1CC(C)(C)NC(CCC(I)(C[C@H]2O[C@@H](n3cc(F)c(=O)[nH]c3=O)C[C@@H]2O)CN(C)P(=O)(O)O)O1. The van der Waals surface area contributed by atoms with Crippen molar-refractivity contribution >= 4 is 30.3 Å². The quantitative estimate of drug-likeness (QED) is 0.149. The number of aliphatic hydroxyl groups excluding tert-OH is 1. The molecule has 3 rings (SSSR count). The fraction of sp³-hybridized carbons (Fsp3) is 0.810. The van der Waals surface area contributed by atoms with Crippen molar-refractivity contribution < 1.29 is 33.3 Å². The second kappa shape index (κ2) is 11.2. The Morgan fingerprint density at radius 1 is 1.36 bits per heavy atom. The van der Waals surface area contributed by atoms with Crippen LogP contribution in [0.2, 0.25) is 0 Å². The van der Waals surface area contributed by atoms with Crippen molar-refractivity contribution in [1.29, 1.82) is 0 Å². The lowest BCUT2D eigenvalue weighted by Crippen LogP contribution is -2.55. The minimum Gasteiger partial charge on any atom is -0.390 e. The lowest BCUT2D eigenvalue weighted by Gasteiger charge is -2.42. The van der Waals surface area contributed by atoms with Crippen LogP contribution < -0.4 is 16.6 Å². The van der Waals surface area contributed by atoms with Crippen LogP contribution in [0.15, 0.2) is 15.8 Å². The van der Waals surface area contributed by atoms with Gasteiger partial charge in [0.05, 0.1) is 24.5 Å². The number of nitrogens with zero attached hydrogens (tertiary/aromatic N) is 2. The Bertz CT molecular complexity index is 1100. The Labute approximate surface area is 221 Å². The van der Waals surface area contributed by atoms with Crippen LogP contribution in [0.4, 0.5) is 4.39 Å². The summed E-state index contributed by atoms with van der Waals surface area (Å²) in [7, 11) is -3.19. The number of ether oxygens (including phenoxy) is 2. The fourth-order valence-corrected chi connectivity index (χ4v) is 6.94. The monoisotopic (exact) mass is 648 g/mol. The van der Waals surface area contributed by atoms with Gasteiger partial charge in [-0.2, -0.15) is 4.39 Å². The number of aromatic nitrogens is 2. The van der Waals surface area contributed by atoms with Gasteiger partial charge in [-0.1, -0.05) is 22.6 Å². The number of H-pyrrole nitrogens is 1. The van der Waals surface area contributed by atoms with Crippen molar-refractivity contribution in [2.75, 3.05) is 13.6 Å². The van der Waals surface area contributed by atoms with Gasteiger partial charge < -0.3 is 24.4 Å². The highest BCUT2D eigenvalue weighted by atomic mass is 127. The number of hydrogen-bond donors (Lipinski definition) is 5. The highest BCUT2D eigenvalue weighted by molar-refractivity contribution is 14.1. The van der Waals surface area contributed by atoms with E-state index in [1.54, 1.807) is 0 Å². The summed E-state index contributed by atoms with van der Waals surface area (Å²) in [5.74, 6) is -1.15. The molecule has 5 N–H and O–H groups in total. The molecule has 12 nitrogen and oxygen atoms in total. The van der Waals surface area contributed by atoms with E-state index in [0.29, 0.717) is 12.8 Å². The summed E-state index contributed by atoms with van der Waals surface area (Å²) >= 11 is 2.14. The Kier molecular flexibility index (Phi) is 9.27. The van der Waals surface area contributed by atoms with Crippen LogP contribution in [0.3, 0.4) is 0 Å². The van der Waals surface area contributed by atoms with Crippen LogP contribution in [0, 0.1) is 5.82 Å². The van der Waals surface area contributed by atoms with Gasteiger partial charge in [0.1, 0.15) is 12.5 Å². The minimum absolute atomic E-state index is 0.00597. The molecule has 206 valence electrons. The molecule has 3 heterocycles. The predicted molar refractivity (Wildman–Crippen MR) is 137 cm³/mol. The summed E-state index contributed by atoms with van der Waals surface area (Å²) in [5.41, 5.74) is -2.14. The summed E-state index contributed by atoms with van der Waals surface area (Å²) in [6.45, 7) is 6.16. The zero-order chi connectivity index (χ0) is 27.1. The second-order valence-electron chi connectivity index (χ2n) is 10.5. The summed E-state index contributed by atoms with van der Waals surface area (Å²) in [6, 6.07) is 0. The molecule has 2 saturated heterocycles. The maximum atomic E-state index is 13.8. The van der Waals surface area contributed by atoms with E-state index >= 15 is 0 Å². The number of aliphatic hydroxyl groups is 1. The maximum absolute atomic E-state index is 13.8. The summed E-state index contributed by atoms with van der Waals surface area (Å²) in [5, 5.41) is 14.1. The van der Waals surface area contributed by atoms with E-state index < -0.39 is 46.7 Å². The molecule has 0 saturated carbocycles. The van der Waals surface area contributed by atoms with E-state index in [0.717, 1.165) is 21.9 Å². The third kappa shape index (κ3) is 7.67. The molecule has 0 amide bonds. The zero-order valence-corrected chi connectivity index (χ0v) is 23.7. The first-order chi connectivity index (χ1) is 16.5. The van der Waals surface area contributed by atoms with Gasteiger partial charge in [0, 0.05) is 21.9 Å². The number of hydrogen-bond acceptors (Lipinski definition) is 7. The molecule has 36 heavy (non-hydrogen) atoms. The van der Waals surface area contributed by atoms with Gasteiger partial charge in [-0.05, 0) is 53.5 Å². The Morgan fingerprint density at radius 2 is 2.03 bits per heavy atom. The molecule has 0 aliphatic carbocycles. The standard InChI is InChI=1S/C21H35FIN4O8P/c1-12-8-20(2,3)25-16(34-12)5-6-21(23,11-26(4)36(31,32)33)9-15-14(28)7-17(35-15)27-10-13(22)18(29)24-19(27)30/h10,12,14-17,25,28H,5-9,11H2,1-4H3,(H,24,29,30)(H2,31,32,33)/t12?,14-,15+,16?,17+,21?/m0/s1. The molecule has 0 aromatic carbocycles. The van der Waals surface area contributed by atoms with Gasteiger partial charge >= 0.3 is 13.4 Å². The van der Waals surface area contributed by atoms with Crippen LogP contribution in [-0.2, 0) is 14.0 Å². The molecule has 3 unspecified atom stereocenters. The van der Waals surface area contributed by atoms with E-state index in [2.05, 4.69) is 41.8 Å². The van der Waals surface area contributed by atoms with Gasteiger partial charge in [0.15, 0.2) is 0 Å². The van der Waals surface area contributed by atoms with Crippen molar-refractivity contribution in [3.05, 3.63) is 32.9 Å². The maximum Gasteiger partial charge on any atom is 0.402 e. The van der Waals surface area contributed by atoms with E-state index in [4.69, 9.17) is 9.47 Å². The molecular weight excluding hydrogens is 613 g/mol. The first-order valence-corrected chi connectivity index (χ1v) is 14.4. The Morgan fingerprint density at radius 3 is 2.64 bits per heavy atom. The lowest BCUT2D eigenvalue weighted by molar-refractivity contribution is -0.0923. The molecule has 1 aromatic rings. The molecular formula is C21H35FIN4O8P. The molecule has 2 aliphatic rings. The highest BCUT2D eigenvalue weighted by Gasteiger charge is 2.43. The Balaban J connectivity index is 1.77. The van der Waals surface area contributed by atoms with Crippen LogP contribution in [0.5, 0.6) is 0 Å². The third-order valence-corrected chi connectivity index (χ3v) is 8.92. The molecule has 15 heteroatoms. The molecule has 2 aliphatic heterocycles. The minimum atomic E-state index is -4.52. The van der Waals surface area contributed by atoms with Crippen molar-refractivity contribution in [1.82, 2.24) is 19.5 Å². The number of alkyl halides is 1. The molecule has 2 fully saturated rings. The van der Waals surface area contributed by atoms with E-state index in [9.17, 15) is 33.4 Å². The first-order valence-electron chi connectivity index (χ1n) is 11.7. The van der Waals surface area contributed by atoms with Crippen molar-refractivity contribution in [2.24, 2.45) is 0 Å². The van der Waals surface area contributed by atoms with Gasteiger partial charge in [-0.25, -0.2) is 14.0 Å². The van der Waals surface area contributed by atoms with E-state index in [1.807, 2.05) is 11.9 Å². The largest absolute Gasteiger partial charge is 0.402 e. The number of rotatable bonds is 9. The Hall–Kier alpha value is -0.710. The average Bonchev–Trinajstić information content (AvgIpc) is 3.06. The summed E-state index contributed by atoms with van der Waals surface area (Å²) in [4.78, 5) is 44.7. The fourth-order valence-electron chi connectivity index (χ4n) is 4.96. The van der Waals surface area contributed by atoms with Gasteiger partial charge in [0.2, 0.25) is 5.82 Å². The molecule has 6 atom stereocenters. The highest BCUT2D eigenvalue weighted by Crippen LogP contribution is 2.45. The van der Waals surface area contributed by atoms with Crippen molar-refractivity contribution in [3.8, 4) is 0 Å². The molecule has 1 aromatic heterocycles. The predicted octanol–water partition coefficient (Wildman–Crippen LogP) is 1.20. The molecule has 0 spiro atoms. The average molecular weight is 648 g/mol. The van der Waals surface area contributed by atoms with E-state index in [1.165, 1.54) is 7.05 Å². The number of halogens is 2. The second-order valence-corrected chi connectivity index (χ2v) is 14.5. The van der Waals surface area contributed by atoms with Crippen molar-refractivity contribution in [3.63, 3.8) is 0 Å². The van der Waals surface area contributed by atoms with Gasteiger partial charge in [0.25, 0.3) is 5.56 Å². The summed E-state index contributed by atoms with van der Waals surface area (Å²) < 4.78 is 38.7. The first kappa shape index (κ1) is 29.8. The molecule has 0 bridgehead atoms. The zero-order valence-electron chi connectivity index (χ0n) is 20.7. The van der Waals surface area contributed by atoms with Crippen LogP contribution >= 0.6 is 30.3 Å². The van der Waals surface area contributed by atoms with Gasteiger partial charge in [-0.15, -0.1) is 0 Å². The van der Waals surface area contributed by atoms with Gasteiger partial charge in [-0.3, -0.25) is 19.7 Å².